The van der Waals surface area contributed by atoms with Gasteiger partial charge in [0.25, 0.3) is 5.91 Å². The predicted octanol–water partition coefficient (Wildman–Crippen LogP) is 3.28. The standard InChI is InChI=1S/C16H21F2NO2/c1-10-4-3-5-14(11(10)2)19-16(20)9-21-15-7-6-12(17)8-13(15)18/h6-8,10-11,14H,3-5,9H2,1-2H3,(H,19,20). The summed E-state index contributed by atoms with van der Waals surface area (Å²) in [6, 6.07) is 3.16. The fraction of sp³-hybridized carbons (Fsp3) is 0.562. The van der Waals surface area contributed by atoms with Crippen LogP contribution in [0.1, 0.15) is 33.1 Å². The second-order valence-corrected chi connectivity index (χ2v) is 5.80. The van der Waals surface area contributed by atoms with Crippen LogP contribution in [0.15, 0.2) is 18.2 Å². The van der Waals surface area contributed by atoms with E-state index in [-0.39, 0.29) is 24.3 Å². The van der Waals surface area contributed by atoms with E-state index in [1.807, 2.05) is 0 Å². The fourth-order valence-electron chi connectivity index (χ4n) is 2.77. The number of nitrogens with one attached hydrogen (secondary N) is 1. The maximum Gasteiger partial charge on any atom is 0.258 e. The molecule has 1 fully saturated rings. The van der Waals surface area contributed by atoms with Gasteiger partial charge < -0.3 is 10.1 Å². The summed E-state index contributed by atoms with van der Waals surface area (Å²) in [5, 5.41) is 2.94. The van der Waals surface area contributed by atoms with Crippen molar-refractivity contribution in [3.8, 4) is 5.75 Å². The van der Waals surface area contributed by atoms with E-state index in [1.54, 1.807) is 0 Å². The first kappa shape index (κ1) is 15.7. The van der Waals surface area contributed by atoms with Gasteiger partial charge in [0.1, 0.15) is 5.82 Å². The normalized spacial score (nSPS) is 25.4. The van der Waals surface area contributed by atoms with Gasteiger partial charge >= 0.3 is 0 Å². The monoisotopic (exact) mass is 297 g/mol. The minimum absolute atomic E-state index is 0.114. The van der Waals surface area contributed by atoms with E-state index in [0.29, 0.717) is 11.8 Å². The Morgan fingerprint density at radius 3 is 2.81 bits per heavy atom. The molecule has 2 rings (SSSR count). The number of hydrogen-bond acceptors (Lipinski definition) is 2. The average Bonchev–Trinajstić information content (AvgIpc) is 2.43. The molecule has 0 radical (unpaired) electrons. The molecular weight excluding hydrogens is 276 g/mol. The van der Waals surface area contributed by atoms with Gasteiger partial charge in [0.2, 0.25) is 0 Å². The Labute approximate surface area is 123 Å². The van der Waals surface area contributed by atoms with Gasteiger partial charge in [-0.05, 0) is 30.4 Å². The summed E-state index contributed by atoms with van der Waals surface area (Å²) in [7, 11) is 0. The number of ether oxygens (including phenoxy) is 1. The van der Waals surface area contributed by atoms with Crippen molar-refractivity contribution < 1.29 is 18.3 Å². The maximum absolute atomic E-state index is 13.4. The zero-order chi connectivity index (χ0) is 15.4. The van der Waals surface area contributed by atoms with Crippen molar-refractivity contribution in [2.75, 3.05) is 6.61 Å². The van der Waals surface area contributed by atoms with E-state index in [2.05, 4.69) is 19.2 Å². The predicted molar refractivity (Wildman–Crippen MR) is 76.0 cm³/mol. The molecule has 3 unspecified atom stereocenters. The van der Waals surface area contributed by atoms with Crippen LogP contribution in [-0.2, 0) is 4.79 Å². The van der Waals surface area contributed by atoms with E-state index < -0.39 is 11.6 Å². The third-order valence-corrected chi connectivity index (χ3v) is 4.31. The SMILES string of the molecule is CC1CCCC(NC(=O)COc2ccc(F)cc2F)C1C. The first-order valence-corrected chi connectivity index (χ1v) is 7.34. The van der Waals surface area contributed by atoms with E-state index in [1.165, 1.54) is 12.5 Å². The highest BCUT2D eigenvalue weighted by Gasteiger charge is 2.28. The minimum atomic E-state index is -0.803. The van der Waals surface area contributed by atoms with Crippen LogP contribution >= 0.6 is 0 Å². The molecule has 1 N–H and O–H groups in total. The molecule has 1 amide bonds. The lowest BCUT2D eigenvalue weighted by Crippen LogP contribution is -2.45. The second-order valence-electron chi connectivity index (χ2n) is 5.80. The highest BCUT2D eigenvalue weighted by atomic mass is 19.1. The maximum atomic E-state index is 13.4. The lowest BCUT2D eigenvalue weighted by molar-refractivity contribution is -0.124. The summed E-state index contributed by atoms with van der Waals surface area (Å²) >= 11 is 0. The van der Waals surface area contributed by atoms with Gasteiger partial charge in [-0.25, -0.2) is 8.78 Å². The van der Waals surface area contributed by atoms with Gasteiger partial charge in [-0.15, -0.1) is 0 Å². The van der Waals surface area contributed by atoms with Gasteiger partial charge in [0, 0.05) is 12.1 Å². The van der Waals surface area contributed by atoms with Crippen molar-refractivity contribution >= 4 is 5.91 Å². The lowest BCUT2D eigenvalue weighted by atomic mass is 9.78. The molecule has 0 bridgehead atoms. The Bertz CT molecular complexity index is 507. The van der Waals surface area contributed by atoms with Gasteiger partial charge in [0.05, 0.1) is 0 Å². The number of hydrogen-bond donors (Lipinski definition) is 1. The summed E-state index contributed by atoms with van der Waals surface area (Å²) in [6.07, 6.45) is 3.25. The quantitative estimate of drug-likeness (QED) is 0.926. The summed E-state index contributed by atoms with van der Waals surface area (Å²) in [5.74, 6) is -0.858. The molecule has 0 heterocycles. The Balaban J connectivity index is 1.84. The minimum Gasteiger partial charge on any atom is -0.481 e. The van der Waals surface area contributed by atoms with Crippen molar-refractivity contribution in [2.45, 2.75) is 39.2 Å². The first-order chi connectivity index (χ1) is 9.97. The largest absolute Gasteiger partial charge is 0.481 e. The number of carbonyl (C=O) groups is 1. The molecule has 0 aromatic heterocycles. The summed E-state index contributed by atoms with van der Waals surface area (Å²) < 4.78 is 31.2. The molecule has 3 nitrogen and oxygen atoms in total. The molecule has 21 heavy (non-hydrogen) atoms. The molecule has 3 atom stereocenters. The fourth-order valence-corrected chi connectivity index (χ4v) is 2.77. The zero-order valence-electron chi connectivity index (χ0n) is 12.4. The van der Waals surface area contributed by atoms with Gasteiger partial charge in [0.15, 0.2) is 18.2 Å². The second kappa shape index (κ2) is 6.87. The zero-order valence-corrected chi connectivity index (χ0v) is 12.4. The molecule has 1 aliphatic rings. The molecule has 0 saturated heterocycles. The van der Waals surface area contributed by atoms with E-state index in [9.17, 15) is 13.6 Å². The molecule has 0 aliphatic heterocycles. The summed E-state index contributed by atoms with van der Waals surface area (Å²) in [6.45, 7) is 4.06. The van der Waals surface area contributed by atoms with Crippen LogP contribution < -0.4 is 10.1 Å². The Morgan fingerprint density at radius 1 is 1.33 bits per heavy atom. The van der Waals surface area contributed by atoms with Crippen LogP contribution in [0.2, 0.25) is 0 Å². The highest BCUT2D eigenvalue weighted by Crippen LogP contribution is 2.29. The van der Waals surface area contributed by atoms with Crippen molar-refractivity contribution in [3.63, 3.8) is 0 Å². The third kappa shape index (κ3) is 4.16. The van der Waals surface area contributed by atoms with Crippen LogP contribution in [0.25, 0.3) is 0 Å². The van der Waals surface area contributed by atoms with Crippen molar-refractivity contribution in [2.24, 2.45) is 11.8 Å². The molecule has 0 spiro atoms. The Morgan fingerprint density at radius 2 is 2.10 bits per heavy atom. The van der Waals surface area contributed by atoms with Crippen LogP contribution in [-0.4, -0.2) is 18.6 Å². The van der Waals surface area contributed by atoms with Crippen LogP contribution in [0.3, 0.4) is 0 Å². The lowest BCUT2D eigenvalue weighted by Gasteiger charge is -2.34. The number of benzene rings is 1. The molecular formula is C16H21F2NO2. The van der Waals surface area contributed by atoms with Crippen LogP contribution in [0.5, 0.6) is 5.75 Å². The molecule has 1 aliphatic carbocycles. The van der Waals surface area contributed by atoms with Crippen LogP contribution in [0, 0.1) is 23.5 Å². The van der Waals surface area contributed by atoms with Gasteiger partial charge in [-0.3, -0.25) is 4.79 Å². The molecule has 1 aromatic rings. The van der Waals surface area contributed by atoms with Gasteiger partial charge in [-0.2, -0.15) is 0 Å². The topological polar surface area (TPSA) is 38.3 Å². The molecule has 1 aromatic carbocycles. The van der Waals surface area contributed by atoms with Gasteiger partial charge in [-0.1, -0.05) is 26.7 Å². The molecule has 116 valence electrons. The third-order valence-electron chi connectivity index (χ3n) is 4.31. The van der Waals surface area contributed by atoms with E-state index in [4.69, 9.17) is 4.74 Å². The number of halogens is 2. The number of amides is 1. The first-order valence-electron chi connectivity index (χ1n) is 7.34. The molecule has 1 saturated carbocycles. The van der Waals surface area contributed by atoms with Crippen molar-refractivity contribution in [1.82, 2.24) is 5.32 Å². The van der Waals surface area contributed by atoms with E-state index >= 15 is 0 Å². The number of rotatable bonds is 4. The van der Waals surface area contributed by atoms with Crippen molar-refractivity contribution in [3.05, 3.63) is 29.8 Å². The summed E-state index contributed by atoms with van der Waals surface area (Å²) in [4.78, 5) is 11.9. The average molecular weight is 297 g/mol. The van der Waals surface area contributed by atoms with Crippen LogP contribution in [0.4, 0.5) is 8.78 Å². The Hall–Kier alpha value is -1.65. The van der Waals surface area contributed by atoms with Crippen molar-refractivity contribution in [1.29, 1.82) is 0 Å². The van der Waals surface area contributed by atoms with E-state index in [0.717, 1.165) is 25.0 Å². The Kier molecular flexibility index (Phi) is 5.15. The summed E-state index contributed by atoms with van der Waals surface area (Å²) in [5.41, 5.74) is 0. The molecule has 5 heteroatoms. The smallest absolute Gasteiger partial charge is 0.258 e. The number of carbonyl (C=O) groups excluding carboxylic acids is 1. The highest BCUT2D eigenvalue weighted by molar-refractivity contribution is 5.77.